The average Bonchev–Trinajstić information content (AvgIpc) is 3.47. The second kappa shape index (κ2) is 11.3. The Morgan fingerprint density at radius 3 is 2.63 bits per heavy atom. The fraction of sp³-hybridized carbons (Fsp3) is 0.556. The summed E-state index contributed by atoms with van der Waals surface area (Å²) >= 11 is 0. The van der Waals surface area contributed by atoms with Gasteiger partial charge in [-0.2, -0.15) is 0 Å². The van der Waals surface area contributed by atoms with Gasteiger partial charge >= 0.3 is 18.2 Å². The van der Waals surface area contributed by atoms with Crippen molar-refractivity contribution in [1.82, 2.24) is 15.1 Å². The third-order valence-corrected chi connectivity index (χ3v) is 6.92. The van der Waals surface area contributed by atoms with Crippen LogP contribution in [0.1, 0.15) is 56.7 Å². The van der Waals surface area contributed by atoms with Crippen LogP contribution >= 0.6 is 0 Å². The van der Waals surface area contributed by atoms with Gasteiger partial charge in [-0.05, 0) is 41.0 Å². The molecule has 1 aromatic carbocycles. The summed E-state index contributed by atoms with van der Waals surface area (Å²) in [5, 5.41) is 12.4. The van der Waals surface area contributed by atoms with Crippen LogP contribution in [-0.2, 0) is 43.5 Å². The summed E-state index contributed by atoms with van der Waals surface area (Å²) in [6, 6.07) is 3.69. The molecule has 11 nitrogen and oxygen atoms in total. The van der Waals surface area contributed by atoms with Gasteiger partial charge < -0.3 is 29.5 Å². The van der Waals surface area contributed by atoms with Crippen LogP contribution in [0.4, 0.5) is 9.59 Å². The van der Waals surface area contributed by atoms with E-state index in [9.17, 15) is 24.3 Å². The number of aliphatic carboxylic acids is 1. The Hall–Kier alpha value is -3.76. The van der Waals surface area contributed by atoms with Gasteiger partial charge in [-0.25, -0.2) is 14.4 Å². The average molecular weight is 530 g/mol. The molecule has 1 saturated heterocycles. The first-order chi connectivity index (χ1) is 18.0. The van der Waals surface area contributed by atoms with Crippen molar-refractivity contribution in [3.63, 3.8) is 0 Å². The number of allylic oxidation sites excluding steroid dienone is 1. The quantitative estimate of drug-likeness (QED) is 0.567. The Kier molecular flexibility index (Phi) is 8.13. The summed E-state index contributed by atoms with van der Waals surface area (Å²) in [6.07, 6.45) is 2.49. The van der Waals surface area contributed by atoms with Gasteiger partial charge in [-0.15, -0.1) is 0 Å². The molecule has 0 saturated carbocycles. The van der Waals surface area contributed by atoms with Crippen molar-refractivity contribution in [2.75, 3.05) is 13.2 Å². The Balaban J connectivity index is 1.55. The second-order valence-electron chi connectivity index (χ2n) is 10.9. The van der Waals surface area contributed by atoms with Crippen molar-refractivity contribution in [3.8, 4) is 0 Å². The van der Waals surface area contributed by atoms with Gasteiger partial charge in [0.25, 0.3) is 0 Å². The number of cyclic esters (lactones) is 1. The minimum Gasteiger partial charge on any atom is -0.497 e. The first-order valence-corrected chi connectivity index (χ1v) is 12.8. The molecule has 0 aromatic heterocycles. The topological polar surface area (TPSA) is 135 Å². The van der Waals surface area contributed by atoms with Crippen LogP contribution in [0, 0.1) is 5.41 Å². The van der Waals surface area contributed by atoms with Crippen LogP contribution in [0.5, 0.6) is 0 Å². The smallest absolute Gasteiger partial charge is 0.410 e. The van der Waals surface area contributed by atoms with Gasteiger partial charge in [0, 0.05) is 19.5 Å². The largest absolute Gasteiger partial charge is 0.497 e. The highest BCUT2D eigenvalue weighted by Gasteiger charge is 2.46. The lowest BCUT2D eigenvalue weighted by atomic mass is 9.85. The summed E-state index contributed by atoms with van der Waals surface area (Å²) < 4.78 is 16.5. The number of carboxylic acid groups (broad SMARTS) is 1. The molecular formula is C27H35N3O8. The predicted molar refractivity (Wildman–Crippen MR) is 135 cm³/mol. The lowest BCUT2D eigenvalue weighted by molar-refractivity contribution is -0.150. The number of fused-ring (bicyclic) bond motifs is 4. The fourth-order valence-corrected chi connectivity index (χ4v) is 4.86. The Bertz CT molecular complexity index is 1110. The molecule has 0 aliphatic carbocycles. The number of benzene rings is 1. The summed E-state index contributed by atoms with van der Waals surface area (Å²) in [4.78, 5) is 53.8. The van der Waals surface area contributed by atoms with Crippen molar-refractivity contribution in [1.29, 1.82) is 0 Å². The van der Waals surface area contributed by atoms with Crippen molar-refractivity contribution in [2.24, 2.45) is 5.41 Å². The molecule has 206 valence electrons. The number of nitrogens with one attached hydrogen (secondary N) is 1. The summed E-state index contributed by atoms with van der Waals surface area (Å²) in [5.74, 6) is -1.77. The molecule has 1 aromatic rings. The number of amides is 3. The van der Waals surface area contributed by atoms with E-state index in [0.717, 1.165) is 16.7 Å². The first kappa shape index (κ1) is 27.3. The maximum atomic E-state index is 13.6. The summed E-state index contributed by atoms with van der Waals surface area (Å²) in [7, 11) is 0. The van der Waals surface area contributed by atoms with Crippen molar-refractivity contribution in [3.05, 3.63) is 47.2 Å². The highest BCUT2D eigenvalue weighted by Crippen LogP contribution is 2.29. The molecule has 0 spiro atoms. The molecule has 3 aliphatic heterocycles. The molecular weight excluding hydrogens is 494 g/mol. The van der Waals surface area contributed by atoms with Crippen molar-refractivity contribution in [2.45, 2.75) is 77.9 Å². The summed E-state index contributed by atoms with van der Waals surface area (Å²) in [5.41, 5.74) is 2.24. The number of carboxylic acids is 1. The molecule has 1 unspecified atom stereocenters. The molecule has 3 amide bonds. The first-order valence-electron chi connectivity index (χ1n) is 12.8. The molecule has 1 fully saturated rings. The molecule has 0 radical (unpaired) electrons. The van der Waals surface area contributed by atoms with Gasteiger partial charge in [0.2, 0.25) is 5.91 Å². The monoisotopic (exact) mass is 529 g/mol. The molecule has 2 N–H and O–H groups in total. The number of hydrogen-bond acceptors (Lipinski definition) is 7. The van der Waals surface area contributed by atoms with Gasteiger partial charge in [-0.3, -0.25) is 9.69 Å². The summed E-state index contributed by atoms with van der Waals surface area (Å²) in [6.45, 7) is 6.49. The third kappa shape index (κ3) is 6.38. The van der Waals surface area contributed by atoms with E-state index in [1.165, 1.54) is 4.90 Å². The Morgan fingerprint density at radius 2 is 1.89 bits per heavy atom. The van der Waals surface area contributed by atoms with Crippen LogP contribution in [-0.4, -0.2) is 70.3 Å². The molecule has 3 aliphatic rings. The number of alkyl carbamates (subject to hydrolysis) is 1. The molecule has 38 heavy (non-hydrogen) atoms. The maximum absolute atomic E-state index is 13.6. The van der Waals surface area contributed by atoms with Crippen LogP contribution < -0.4 is 5.32 Å². The molecule has 3 heterocycles. The number of nitrogens with zero attached hydrogens (tertiary/aromatic N) is 2. The lowest BCUT2D eigenvalue weighted by Crippen LogP contribution is -2.57. The zero-order chi connectivity index (χ0) is 27.4. The van der Waals surface area contributed by atoms with E-state index < -0.39 is 47.7 Å². The SMILES string of the molecule is CC(C)(C)[C@@H]1NC(=O)OCCCC=COCc2ccc3c(c2)CN(C3)C(=O)O[C@@H]2CC(C(=O)O)N(C2)C1=O. The molecule has 5 bridgehead atoms. The fourth-order valence-electron chi connectivity index (χ4n) is 4.86. The highest BCUT2D eigenvalue weighted by molar-refractivity contribution is 5.90. The van der Waals surface area contributed by atoms with Crippen LogP contribution in [0.3, 0.4) is 0 Å². The number of hydrogen-bond donors (Lipinski definition) is 2. The highest BCUT2D eigenvalue weighted by atomic mass is 16.6. The van der Waals surface area contributed by atoms with E-state index in [4.69, 9.17) is 14.2 Å². The minimum atomic E-state index is -1.20. The number of rotatable bonds is 1. The number of carbonyl (C=O) groups is 4. The molecule has 3 atom stereocenters. The second-order valence-corrected chi connectivity index (χ2v) is 10.9. The van der Waals surface area contributed by atoms with E-state index in [1.54, 1.807) is 31.9 Å². The molecule has 4 rings (SSSR count). The normalized spacial score (nSPS) is 25.1. The van der Waals surface area contributed by atoms with E-state index >= 15 is 0 Å². The number of carbonyl (C=O) groups excluding carboxylic acids is 3. The van der Waals surface area contributed by atoms with Crippen molar-refractivity contribution >= 4 is 24.1 Å². The van der Waals surface area contributed by atoms with Crippen LogP contribution in [0.15, 0.2) is 30.5 Å². The standard InChI is InChI=1S/C27H35N3O8/c1-27(2,3)22-23(31)30-15-20(12-21(30)24(32)33)38-26(35)29-13-18-8-7-17(11-19(18)14-29)16-36-9-5-4-6-10-37-25(34)28-22/h5,7-9,11,20-22H,4,6,10,12-16H2,1-3H3,(H,28,34)(H,32,33)/t20-,21?,22-/m1/s1. The van der Waals surface area contributed by atoms with Gasteiger partial charge in [0.15, 0.2) is 0 Å². The zero-order valence-corrected chi connectivity index (χ0v) is 22.0. The van der Waals surface area contributed by atoms with Gasteiger partial charge in [0.05, 0.1) is 19.4 Å². The lowest BCUT2D eigenvalue weighted by Gasteiger charge is -2.34. The van der Waals surface area contributed by atoms with E-state index in [0.29, 0.717) is 32.5 Å². The van der Waals surface area contributed by atoms with E-state index in [1.807, 2.05) is 24.3 Å². The zero-order valence-electron chi connectivity index (χ0n) is 22.0. The Morgan fingerprint density at radius 1 is 1.13 bits per heavy atom. The third-order valence-electron chi connectivity index (χ3n) is 6.92. The van der Waals surface area contributed by atoms with E-state index in [-0.39, 0.29) is 19.6 Å². The predicted octanol–water partition coefficient (Wildman–Crippen LogP) is 3.16. The van der Waals surface area contributed by atoms with Gasteiger partial charge in [-0.1, -0.05) is 39.0 Å². The van der Waals surface area contributed by atoms with Crippen LogP contribution in [0.25, 0.3) is 0 Å². The number of ether oxygens (including phenoxy) is 3. The van der Waals surface area contributed by atoms with Crippen LogP contribution in [0.2, 0.25) is 0 Å². The van der Waals surface area contributed by atoms with E-state index in [2.05, 4.69) is 5.32 Å². The Labute approximate surface area is 221 Å². The maximum Gasteiger partial charge on any atom is 0.410 e. The van der Waals surface area contributed by atoms with Crippen molar-refractivity contribution < 1.29 is 38.5 Å². The minimum absolute atomic E-state index is 0.0383. The molecule has 11 heteroatoms. The van der Waals surface area contributed by atoms with Gasteiger partial charge in [0.1, 0.15) is 24.8 Å².